The lowest BCUT2D eigenvalue weighted by Crippen LogP contribution is -2.03. The second-order valence-electron chi connectivity index (χ2n) is 5.75. The van der Waals surface area contributed by atoms with E-state index in [9.17, 15) is 0 Å². The summed E-state index contributed by atoms with van der Waals surface area (Å²) in [6.07, 6.45) is 0.707. The fraction of sp³-hybridized carbons (Fsp3) is 0.400. The Balaban J connectivity index is 0.000000161. The van der Waals surface area contributed by atoms with Crippen molar-refractivity contribution in [3.63, 3.8) is 0 Å². The van der Waals surface area contributed by atoms with Crippen molar-refractivity contribution >= 4 is 11.6 Å². The van der Waals surface area contributed by atoms with E-state index in [-0.39, 0.29) is 5.75 Å². The molecule has 2 unspecified atom stereocenters. The second kappa shape index (κ2) is 11.5. The first-order chi connectivity index (χ1) is 13.1. The van der Waals surface area contributed by atoms with Crippen molar-refractivity contribution in [2.24, 2.45) is 0 Å². The predicted octanol–water partition coefficient (Wildman–Crippen LogP) is 3.50. The number of phenolic OH excluding ortho intramolecular Hbond substituents is 1. The molecular formula is C20H25ClO6. The van der Waals surface area contributed by atoms with Gasteiger partial charge in [0.1, 0.15) is 35.7 Å². The Morgan fingerprint density at radius 3 is 1.67 bits per heavy atom. The molecule has 2 heterocycles. The summed E-state index contributed by atoms with van der Waals surface area (Å²) in [5, 5.41) is 8.80. The summed E-state index contributed by atoms with van der Waals surface area (Å²) in [7, 11) is 3.24. The van der Waals surface area contributed by atoms with Crippen LogP contribution in [-0.4, -0.2) is 57.2 Å². The summed E-state index contributed by atoms with van der Waals surface area (Å²) in [5.74, 6) is 3.38. The third-order valence-electron chi connectivity index (χ3n) is 3.54. The molecular weight excluding hydrogens is 372 g/mol. The monoisotopic (exact) mass is 396 g/mol. The van der Waals surface area contributed by atoms with E-state index in [0.717, 1.165) is 30.5 Å². The molecule has 2 saturated heterocycles. The summed E-state index contributed by atoms with van der Waals surface area (Å²) in [4.78, 5) is 0. The van der Waals surface area contributed by atoms with Gasteiger partial charge >= 0.3 is 0 Å². The van der Waals surface area contributed by atoms with Crippen LogP contribution in [0.25, 0.3) is 0 Å². The third kappa shape index (κ3) is 9.38. The molecule has 0 aromatic heterocycles. The molecule has 6 nitrogen and oxygen atoms in total. The van der Waals surface area contributed by atoms with Crippen LogP contribution < -0.4 is 14.2 Å². The van der Waals surface area contributed by atoms with Crippen LogP contribution >= 0.6 is 11.6 Å². The van der Waals surface area contributed by atoms with Gasteiger partial charge in [-0.25, -0.2) is 0 Å². The van der Waals surface area contributed by atoms with E-state index in [1.165, 1.54) is 0 Å². The number of halogens is 1. The van der Waals surface area contributed by atoms with E-state index >= 15 is 0 Å². The van der Waals surface area contributed by atoms with Gasteiger partial charge < -0.3 is 28.8 Å². The smallest absolute Gasteiger partial charge is 0.119 e. The summed E-state index contributed by atoms with van der Waals surface area (Å²) in [6.45, 7) is 2.35. The molecule has 0 amide bonds. The zero-order chi connectivity index (χ0) is 19.5. The van der Waals surface area contributed by atoms with Crippen molar-refractivity contribution in [1.29, 1.82) is 0 Å². The number of aromatic hydroxyl groups is 1. The number of rotatable bonds is 6. The number of ether oxygens (including phenoxy) is 5. The van der Waals surface area contributed by atoms with Crippen molar-refractivity contribution < 1.29 is 28.8 Å². The maximum atomic E-state index is 8.80. The normalized spacial score (nSPS) is 18.8. The Kier molecular flexibility index (Phi) is 9.04. The van der Waals surface area contributed by atoms with Crippen LogP contribution in [0.4, 0.5) is 0 Å². The topological polar surface area (TPSA) is 73.0 Å². The number of benzene rings is 2. The highest BCUT2D eigenvalue weighted by molar-refractivity contribution is 6.18. The van der Waals surface area contributed by atoms with E-state index < -0.39 is 0 Å². The molecule has 0 aliphatic carbocycles. The van der Waals surface area contributed by atoms with E-state index in [0.29, 0.717) is 24.7 Å². The van der Waals surface area contributed by atoms with E-state index in [4.69, 9.17) is 40.4 Å². The zero-order valence-corrected chi connectivity index (χ0v) is 16.2. The fourth-order valence-electron chi connectivity index (χ4n) is 1.76. The molecule has 0 radical (unpaired) electrons. The molecule has 2 aromatic carbocycles. The molecule has 1 N–H and O–H groups in total. The van der Waals surface area contributed by atoms with Gasteiger partial charge in [0.05, 0.1) is 39.4 Å². The van der Waals surface area contributed by atoms with Gasteiger partial charge in [0.2, 0.25) is 0 Å². The van der Waals surface area contributed by atoms with Crippen LogP contribution in [0.1, 0.15) is 0 Å². The van der Waals surface area contributed by atoms with E-state index in [1.807, 2.05) is 24.3 Å². The van der Waals surface area contributed by atoms with Gasteiger partial charge in [-0.2, -0.15) is 0 Å². The lowest BCUT2D eigenvalue weighted by Gasteiger charge is -2.04. The standard InChI is InChI=1S/C10H12O3.C7H8O2.C3H5ClO/c1-11-8-2-4-9(5-3-8)12-6-10-7-13-10;1-9-7-4-2-6(8)3-5-7;4-1-3-2-5-3/h2-5,10H,6-7H2,1H3;2-5,8H,1H3;3H,1-2H2. The summed E-state index contributed by atoms with van der Waals surface area (Å²) < 4.78 is 25.1. The lowest BCUT2D eigenvalue weighted by atomic mass is 10.3. The first kappa shape index (κ1) is 21.2. The van der Waals surface area contributed by atoms with Crippen molar-refractivity contribution in [2.75, 3.05) is 39.9 Å². The molecule has 0 saturated carbocycles. The molecule has 4 rings (SSSR count). The Labute approximate surface area is 164 Å². The Morgan fingerprint density at radius 2 is 1.30 bits per heavy atom. The van der Waals surface area contributed by atoms with Crippen LogP contribution in [0.15, 0.2) is 48.5 Å². The second-order valence-corrected chi connectivity index (χ2v) is 6.06. The number of alkyl halides is 1. The van der Waals surface area contributed by atoms with Gasteiger partial charge in [0, 0.05) is 0 Å². The molecule has 2 fully saturated rings. The number of hydrogen-bond donors (Lipinski definition) is 1. The SMILES string of the molecule is COc1ccc(O)cc1.COc1ccc(OCC2CO2)cc1.ClCC1CO1. The fourth-order valence-corrected chi connectivity index (χ4v) is 1.94. The van der Waals surface area contributed by atoms with Crippen LogP contribution in [-0.2, 0) is 9.47 Å². The molecule has 148 valence electrons. The average molecular weight is 397 g/mol. The minimum Gasteiger partial charge on any atom is -0.508 e. The summed E-state index contributed by atoms with van der Waals surface area (Å²) in [5.41, 5.74) is 0. The highest BCUT2D eigenvalue weighted by Crippen LogP contribution is 2.19. The van der Waals surface area contributed by atoms with Crippen molar-refractivity contribution in [1.82, 2.24) is 0 Å². The van der Waals surface area contributed by atoms with Crippen molar-refractivity contribution in [2.45, 2.75) is 12.2 Å². The average Bonchev–Trinajstić information content (AvgIpc) is 3.62. The Hall–Kier alpha value is -2.15. The number of epoxide rings is 2. The number of hydrogen-bond acceptors (Lipinski definition) is 6. The largest absolute Gasteiger partial charge is 0.508 e. The van der Waals surface area contributed by atoms with Gasteiger partial charge in [-0.3, -0.25) is 0 Å². The number of methoxy groups -OCH3 is 2. The maximum absolute atomic E-state index is 8.80. The quantitative estimate of drug-likeness (QED) is 0.595. The molecule has 0 spiro atoms. The van der Waals surface area contributed by atoms with Gasteiger partial charge in [0.15, 0.2) is 0 Å². The first-order valence-corrected chi connectivity index (χ1v) is 9.07. The third-order valence-corrected chi connectivity index (χ3v) is 3.89. The molecule has 2 aromatic rings. The van der Waals surface area contributed by atoms with E-state index in [1.54, 1.807) is 38.5 Å². The van der Waals surface area contributed by atoms with Crippen LogP contribution in [0, 0.1) is 0 Å². The van der Waals surface area contributed by atoms with Gasteiger partial charge in [-0.05, 0) is 48.5 Å². The molecule has 0 bridgehead atoms. The molecule has 2 aliphatic rings. The molecule has 2 aliphatic heterocycles. The molecule has 27 heavy (non-hydrogen) atoms. The summed E-state index contributed by atoms with van der Waals surface area (Å²) in [6, 6.07) is 14.1. The minimum absolute atomic E-state index is 0.260. The first-order valence-electron chi connectivity index (χ1n) is 8.53. The zero-order valence-electron chi connectivity index (χ0n) is 15.5. The highest BCUT2D eigenvalue weighted by atomic mass is 35.5. The Bertz CT molecular complexity index is 639. The van der Waals surface area contributed by atoms with Crippen molar-refractivity contribution in [3.05, 3.63) is 48.5 Å². The van der Waals surface area contributed by atoms with Crippen LogP contribution in [0.3, 0.4) is 0 Å². The minimum atomic E-state index is 0.260. The molecule has 7 heteroatoms. The molecule has 2 atom stereocenters. The maximum Gasteiger partial charge on any atom is 0.119 e. The van der Waals surface area contributed by atoms with Gasteiger partial charge in [-0.15, -0.1) is 11.6 Å². The predicted molar refractivity (Wildman–Crippen MR) is 103 cm³/mol. The Morgan fingerprint density at radius 1 is 0.852 bits per heavy atom. The van der Waals surface area contributed by atoms with Gasteiger partial charge in [-0.1, -0.05) is 0 Å². The van der Waals surface area contributed by atoms with Crippen LogP contribution in [0.5, 0.6) is 23.0 Å². The van der Waals surface area contributed by atoms with Gasteiger partial charge in [0.25, 0.3) is 0 Å². The van der Waals surface area contributed by atoms with E-state index in [2.05, 4.69) is 0 Å². The number of phenols is 1. The van der Waals surface area contributed by atoms with Crippen LogP contribution in [0.2, 0.25) is 0 Å². The highest BCUT2D eigenvalue weighted by Gasteiger charge is 2.22. The van der Waals surface area contributed by atoms with Crippen molar-refractivity contribution in [3.8, 4) is 23.0 Å². The lowest BCUT2D eigenvalue weighted by molar-refractivity contribution is 0.262. The summed E-state index contributed by atoms with van der Waals surface area (Å²) >= 11 is 5.27.